The number of amides is 1. The number of ether oxygens (including phenoxy) is 1. The molecule has 0 radical (unpaired) electrons. The molecular weight excluding hydrogens is 322 g/mol. The van der Waals surface area contributed by atoms with E-state index >= 15 is 0 Å². The minimum absolute atomic E-state index is 0.0994. The highest BCUT2D eigenvalue weighted by molar-refractivity contribution is 7.89. The molecule has 2 N–H and O–H groups in total. The Morgan fingerprint density at radius 1 is 1.26 bits per heavy atom. The maximum atomic E-state index is 12.1. The summed E-state index contributed by atoms with van der Waals surface area (Å²) in [6, 6.07) is 7.18. The Morgan fingerprint density at radius 2 is 1.96 bits per heavy atom. The van der Waals surface area contributed by atoms with Crippen molar-refractivity contribution in [1.29, 1.82) is 0 Å². The molecule has 0 aliphatic heterocycles. The van der Waals surface area contributed by atoms with E-state index in [-0.39, 0.29) is 23.0 Å². The van der Waals surface area contributed by atoms with Crippen molar-refractivity contribution in [1.82, 2.24) is 15.4 Å². The molecule has 1 aromatic carbocycles. The van der Waals surface area contributed by atoms with Crippen molar-refractivity contribution in [3.63, 3.8) is 0 Å². The second kappa shape index (κ2) is 6.80. The molecule has 9 heteroatoms. The van der Waals surface area contributed by atoms with E-state index in [9.17, 15) is 13.2 Å². The summed E-state index contributed by atoms with van der Waals surface area (Å²) in [5.41, 5.74) is 3.16. The fraction of sp³-hybridized carbons (Fsp3) is 0.286. The highest BCUT2D eigenvalue weighted by Crippen LogP contribution is 2.18. The third-order valence-electron chi connectivity index (χ3n) is 3.01. The number of sulfonamides is 1. The Kier molecular flexibility index (Phi) is 5.02. The fourth-order valence-electron chi connectivity index (χ4n) is 1.93. The summed E-state index contributed by atoms with van der Waals surface area (Å²) in [4.78, 5) is 13.6. The zero-order valence-corrected chi connectivity index (χ0v) is 13.7. The van der Waals surface area contributed by atoms with E-state index in [4.69, 9.17) is 9.26 Å². The smallest absolute Gasteiger partial charge is 0.272 e. The average molecular weight is 339 g/mol. The molecule has 0 bridgehead atoms. The Bertz CT molecular complexity index is 794. The van der Waals surface area contributed by atoms with Crippen LogP contribution in [0.15, 0.2) is 33.7 Å². The molecule has 2 aromatic rings. The number of benzene rings is 1. The summed E-state index contributed by atoms with van der Waals surface area (Å²) in [6.07, 6.45) is 0. The van der Waals surface area contributed by atoms with Crippen LogP contribution in [0.3, 0.4) is 0 Å². The molecule has 0 saturated carbocycles. The molecule has 0 saturated heterocycles. The third kappa shape index (κ3) is 4.08. The van der Waals surface area contributed by atoms with Crippen LogP contribution in [-0.2, 0) is 14.8 Å². The average Bonchev–Trinajstić information content (AvgIpc) is 2.84. The number of nitrogens with zero attached hydrogens (tertiary/aromatic N) is 1. The largest absolute Gasteiger partial charge is 0.483 e. The van der Waals surface area contributed by atoms with Crippen molar-refractivity contribution in [3.05, 3.63) is 41.3 Å². The van der Waals surface area contributed by atoms with Crippen LogP contribution in [0.5, 0.6) is 5.75 Å². The van der Waals surface area contributed by atoms with Gasteiger partial charge in [0.15, 0.2) is 12.4 Å². The highest BCUT2D eigenvalue weighted by atomic mass is 32.2. The number of rotatable bonds is 6. The summed E-state index contributed by atoms with van der Waals surface area (Å²) in [6.45, 7) is 4.48. The van der Waals surface area contributed by atoms with Crippen molar-refractivity contribution in [2.24, 2.45) is 0 Å². The van der Waals surface area contributed by atoms with E-state index in [2.05, 4.69) is 10.6 Å². The van der Waals surface area contributed by atoms with Crippen molar-refractivity contribution in [3.8, 4) is 5.75 Å². The molecule has 0 fully saturated rings. The Balaban J connectivity index is 1.93. The second-order valence-corrected chi connectivity index (χ2v) is 6.48. The van der Waals surface area contributed by atoms with Gasteiger partial charge in [-0.2, -0.15) is 0 Å². The second-order valence-electron chi connectivity index (χ2n) is 4.86. The van der Waals surface area contributed by atoms with Crippen LogP contribution in [0.2, 0.25) is 0 Å². The van der Waals surface area contributed by atoms with Crippen LogP contribution >= 0.6 is 0 Å². The van der Waals surface area contributed by atoms with Gasteiger partial charge in [-0.1, -0.05) is 23.4 Å². The Morgan fingerprint density at radius 3 is 2.57 bits per heavy atom. The van der Waals surface area contributed by atoms with Gasteiger partial charge < -0.3 is 9.26 Å². The van der Waals surface area contributed by atoms with Gasteiger partial charge >= 0.3 is 0 Å². The molecule has 0 atom stereocenters. The zero-order valence-electron chi connectivity index (χ0n) is 12.9. The first-order valence-corrected chi connectivity index (χ1v) is 8.21. The predicted molar refractivity (Wildman–Crippen MR) is 81.1 cm³/mol. The van der Waals surface area contributed by atoms with Crippen molar-refractivity contribution in [2.45, 2.75) is 25.7 Å². The lowest BCUT2D eigenvalue weighted by Crippen LogP contribution is -2.44. The van der Waals surface area contributed by atoms with Gasteiger partial charge in [0.25, 0.3) is 15.9 Å². The van der Waals surface area contributed by atoms with Crippen LogP contribution in [-0.4, -0.2) is 26.1 Å². The van der Waals surface area contributed by atoms with E-state index in [1.165, 1.54) is 13.8 Å². The molecule has 8 nitrogen and oxygen atoms in total. The van der Waals surface area contributed by atoms with Gasteiger partial charge in [-0.25, -0.2) is 8.42 Å². The number of aromatic nitrogens is 1. The number of nitrogens with one attached hydrogen (secondary N) is 2. The summed E-state index contributed by atoms with van der Waals surface area (Å²) < 4.78 is 34.3. The van der Waals surface area contributed by atoms with Gasteiger partial charge in [0.1, 0.15) is 16.3 Å². The van der Waals surface area contributed by atoms with Crippen LogP contribution in [0, 0.1) is 20.8 Å². The van der Waals surface area contributed by atoms with Gasteiger partial charge in [0, 0.05) is 0 Å². The number of hydrogen-bond donors (Lipinski definition) is 2. The standard InChI is InChI=1S/C14H17N3O5S/c1-9-6-4-5-7-12(9)21-8-13(18)15-17-23(19,20)14-10(2)16-22-11(14)3/h4-7,17H,8H2,1-3H3,(H,15,18). The van der Waals surface area contributed by atoms with Crippen LogP contribution in [0.25, 0.3) is 0 Å². The summed E-state index contributed by atoms with van der Waals surface area (Å²) in [7, 11) is -3.96. The van der Waals surface area contributed by atoms with Crippen molar-refractivity contribution in [2.75, 3.05) is 6.61 Å². The molecule has 1 amide bonds. The van der Waals surface area contributed by atoms with E-state index in [0.717, 1.165) is 5.56 Å². The number of hydrogen-bond acceptors (Lipinski definition) is 6. The number of carbonyl (C=O) groups excluding carboxylic acids is 1. The molecule has 0 spiro atoms. The molecule has 1 aromatic heterocycles. The number of aryl methyl sites for hydroxylation is 3. The van der Waals surface area contributed by atoms with Crippen molar-refractivity contribution < 1.29 is 22.5 Å². The molecule has 0 aliphatic carbocycles. The van der Waals surface area contributed by atoms with Crippen LogP contribution < -0.4 is 15.0 Å². The normalized spacial score (nSPS) is 11.3. The fourth-order valence-corrected chi connectivity index (χ4v) is 3.12. The molecule has 23 heavy (non-hydrogen) atoms. The summed E-state index contributed by atoms with van der Waals surface area (Å²) in [5, 5.41) is 3.56. The maximum Gasteiger partial charge on any atom is 0.272 e. The summed E-state index contributed by atoms with van der Waals surface area (Å²) >= 11 is 0. The lowest BCUT2D eigenvalue weighted by atomic mass is 10.2. The van der Waals surface area contributed by atoms with Gasteiger partial charge in [-0.15, -0.1) is 4.83 Å². The SMILES string of the molecule is Cc1ccccc1OCC(=O)NNS(=O)(=O)c1c(C)noc1C. The first-order chi connectivity index (χ1) is 10.8. The molecule has 124 valence electrons. The minimum atomic E-state index is -3.96. The Labute approximate surface area is 133 Å². The lowest BCUT2D eigenvalue weighted by Gasteiger charge is -2.10. The number of carbonyl (C=O) groups is 1. The highest BCUT2D eigenvalue weighted by Gasteiger charge is 2.24. The Hall–Kier alpha value is -2.39. The first-order valence-electron chi connectivity index (χ1n) is 6.73. The van der Waals surface area contributed by atoms with E-state index in [0.29, 0.717) is 5.75 Å². The summed E-state index contributed by atoms with van der Waals surface area (Å²) in [5.74, 6) is 0.0558. The third-order valence-corrected chi connectivity index (χ3v) is 4.50. The molecule has 2 rings (SSSR count). The molecule has 1 heterocycles. The van der Waals surface area contributed by atoms with Crippen LogP contribution in [0.1, 0.15) is 17.0 Å². The monoisotopic (exact) mass is 339 g/mol. The minimum Gasteiger partial charge on any atom is -0.483 e. The van der Waals surface area contributed by atoms with Gasteiger partial charge in [0.2, 0.25) is 0 Å². The molecule has 0 unspecified atom stereocenters. The number of hydrazine groups is 1. The maximum absolute atomic E-state index is 12.1. The zero-order chi connectivity index (χ0) is 17.0. The van der Waals surface area contributed by atoms with Gasteiger partial charge in [-0.3, -0.25) is 10.2 Å². The lowest BCUT2D eigenvalue weighted by molar-refractivity contribution is -0.123. The molecular formula is C14H17N3O5S. The number of para-hydroxylation sites is 1. The van der Waals surface area contributed by atoms with Gasteiger partial charge in [-0.05, 0) is 32.4 Å². The molecule has 0 aliphatic rings. The van der Waals surface area contributed by atoms with Crippen LogP contribution in [0.4, 0.5) is 0 Å². The van der Waals surface area contributed by atoms with E-state index in [1.807, 2.05) is 23.9 Å². The van der Waals surface area contributed by atoms with E-state index < -0.39 is 15.9 Å². The first kappa shape index (κ1) is 17.0. The quantitative estimate of drug-likeness (QED) is 0.759. The van der Waals surface area contributed by atoms with Gasteiger partial charge in [0.05, 0.1) is 0 Å². The van der Waals surface area contributed by atoms with Crippen molar-refractivity contribution >= 4 is 15.9 Å². The topological polar surface area (TPSA) is 111 Å². The predicted octanol–water partition coefficient (Wildman–Crippen LogP) is 0.988. The van der Waals surface area contributed by atoms with E-state index in [1.54, 1.807) is 12.1 Å².